The smallest absolute Gasteiger partial charge is 0.139 e. The van der Waals surface area contributed by atoms with Crippen LogP contribution in [0.2, 0.25) is 0 Å². The van der Waals surface area contributed by atoms with E-state index >= 15 is 0 Å². The van der Waals surface area contributed by atoms with E-state index in [0.29, 0.717) is 0 Å². The molecule has 3 aromatic heterocycles. The van der Waals surface area contributed by atoms with E-state index in [1.54, 1.807) is 6.20 Å². The maximum atomic E-state index is 4.49. The minimum atomic E-state index is 0.887. The van der Waals surface area contributed by atoms with Gasteiger partial charge < -0.3 is 9.55 Å². The number of benzene rings is 1. The lowest BCUT2D eigenvalue weighted by molar-refractivity contribution is 1.06. The van der Waals surface area contributed by atoms with Crippen LogP contribution in [0.25, 0.3) is 28.0 Å². The van der Waals surface area contributed by atoms with Gasteiger partial charge in [0.2, 0.25) is 0 Å². The SMILES string of the molecule is c1ccc(-c2cn(-c3ccnc4[nH]ccc34)cn2)cc1. The molecule has 0 unspecified atom stereocenters. The Kier molecular flexibility index (Phi) is 2.39. The fourth-order valence-electron chi connectivity index (χ4n) is 2.38. The third kappa shape index (κ3) is 1.70. The molecule has 4 aromatic rings. The Hall–Kier alpha value is -2.88. The molecule has 0 amide bonds. The summed E-state index contributed by atoms with van der Waals surface area (Å²) in [6, 6.07) is 14.2. The van der Waals surface area contributed by atoms with Gasteiger partial charge in [0, 0.05) is 29.5 Å². The minimum absolute atomic E-state index is 0.887. The van der Waals surface area contributed by atoms with Crippen LogP contribution in [0, 0.1) is 0 Å². The van der Waals surface area contributed by atoms with Crippen molar-refractivity contribution in [1.29, 1.82) is 0 Å². The fourth-order valence-corrected chi connectivity index (χ4v) is 2.38. The average Bonchev–Trinajstić information content (AvgIpc) is 3.17. The highest BCUT2D eigenvalue weighted by Gasteiger charge is 2.07. The van der Waals surface area contributed by atoms with Crippen molar-refractivity contribution >= 4 is 11.0 Å². The molecule has 4 heteroatoms. The van der Waals surface area contributed by atoms with Crippen molar-refractivity contribution in [3.05, 3.63) is 67.4 Å². The Balaban J connectivity index is 1.84. The number of nitrogens with one attached hydrogen (secondary N) is 1. The van der Waals surface area contributed by atoms with Crippen molar-refractivity contribution in [2.45, 2.75) is 0 Å². The van der Waals surface area contributed by atoms with E-state index < -0.39 is 0 Å². The lowest BCUT2D eigenvalue weighted by atomic mass is 10.2. The van der Waals surface area contributed by atoms with Crippen LogP contribution in [-0.4, -0.2) is 19.5 Å². The molecule has 0 fully saturated rings. The van der Waals surface area contributed by atoms with Crippen LogP contribution in [0.15, 0.2) is 67.4 Å². The fraction of sp³-hybridized carbons (Fsp3) is 0. The molecule has 0 bridgehead atoms. The first kappa shape index (κ1) is 11.0. The Morgan fingerprint density at radius 3 is 2.75 bits per heavy atom. The Morgan fingerprint density at radius 2 is 1.85 bits per heavy atom. The molecule has 0 aliphatic carbocycles. The van der Waals surface area contributed by atoms with Gasteiger partial charge in [-0.25, -0.2) is 9.97 Å². The van der Waals surface area contributed by atoms with E-state index in [1.807, 2.05) is 53.6 Å². The molecular weight excluding hydrogens is 248 g/mol. The van der Waals surface area contributed by atoms with Crippen LogP contribution in [-0.2, 0) is 0 Å². The minimum Gasteiger partial charge on any atom is -0.346 e. The number of hydrogen-bond donors (Lipinski definition) is 1. The molecule has 20 heavy (non-hydrogen) atoms. The standard InChI is InChI=1S/C16H12N4/c1-2-4-12(5-3-1)14-10-20(11-19-14)15-7-9-18-16-13(15)6-8-17-16/h1-11H,(H,17,18). The summed E-state index contributed by atoms with van der Waals surface area (Å²) in [4.78, 5) is 11.9. The highest BCUT2D eigenvalue weighted by molar-refractivity contribution is 5.84. The highest BCUT2D eigenvalue weighted by atomic mass is 15.0. The molecule has 1 N–H and O–H groups in total. The van der Waals surface area contributed by atoms with Gasteiger partial charge in [0.15, 0.2) is 0 Å². The van der Waals surface area contributed by atoms with E-state index in [-0.39, 0.29) is 0 Å². The summed E-state index contributed by atoms with van der Waals surface area (Å²) in [5, 5.41) is 1.09. The Labute approximate surface area is 115 Å². The molecule has 0 saturated carbocycles. The lowest BCUT2D eigenvalue weighted by Gasteiger charge is -2.02. The molecule has 4 nitrogen and oxygen atoms in total. The largest absolute Gasteiger partial charge is 0.346 e. The summed E-state index contributed by atoms with van der Waals surface area (Å²) in [6.45, 7) is 0. The number of aromatic amines is 1. The summed E-state index contributed by atoms with van der Waals surface area (Å²) in [5.41, 5.74) is 4.04. The normalized spacial score (nSPS) is 11.0. The molecule has 1 aromatic carbocycles. The average molecular weight is 260 g/mol. The second-order valence-electron chi connectivity index (χ2n) is 4.60. The van der Waals surface area contributed by atoms with Crippen LogP contribution in [0.5, 0.6) is 0 Å². The molecule has 0 radical (unpaired) electrons. The number of rotatable bonds is 2. The van der Waals surface area contributed by atoms with Crippen LogP contribution in [0.1, 0.15) is 0 Å². The lowest BCUT2D eigenvalue weighted by Crippen LogP contribution is -1.91. The first-order valence-corrected chi connectivity index (χ1v) is 6.44. The number of fused-ring (bicyclic) bond motifs is 1. The van der Waals surface area contributed by atoms with E-state index in [4.69, 9.17) is 0 Å². The Bertz CT molecular complexity index is 858. The van der Waals surface area contributed by atoms with Gasteiger partial charge in [-0.15, -0.1) is 0 Å². The number of hydrogen-bond acceptors (Lipinski definition) is 2. The van der Waals surface area contributed by atoms with Crippen molar-refractivity contribution in [2.24, 2.45) is 0 Å². The van der Waals surface area contributed by atoms with Gasteiger partial charge >= 0.3 is 0 Å². The van der Waals surface area contributed by atoms with Crippen LogP contribution < -0.4 is 0 Å². The van der Waals surface area contributed by atoms with Gasteiger partial charge in [-0.1, -0.05) is 30.3 Å². The quantitative estimate of drug-likeness (QED) is 0.600. The highest BCUT2D eigenvalue weighted by Crippen LogP contribution is 2.22. The van der Waals surface area contributed by atoms with Crippen molar-refractivity contribution in [2.75, 3.05) is 0 Å². The summed E-state index contributed by atoms with van der Waals surface area (Å²) in [5.74, 6) is 0. The number of nitrogens with zero attached hydrogens (tertiary/aromatic N) is 3. The maximum Gasteiger partial charge on any atom is 0.139 e. The predicted molar refractivity (Wildman–Crippen MR) is 78.7 cm³/mol. The van der Waals surface area contributed by atoms with E-state index in [9.17, 15) is 0 Å². The molecule has 0 aliphatic heterocycles. The number of aromatic nitrogens is 4. The first-order valence-electron chi connectivity index (χ1n) is 6.44. The van der Waals surface area contributed by atoms with Crippen molar-refractivity contribution in [1.82, 2.24) is 19.5 Å². The predicted octanol–water partition coefficient (Wildman–Crippen LogP) is 3.42. The van der Waals surface area contributed by atoms with Crippen molar-refractivity contribution in [3.63, 3.8) is 0 Å². The molecule has 0 aliphatic rings. The summed E-state index contributed by atoms with van der Waals surface area (Å²) in [6.07, 6.45) is 7.58. The van der Waals surface area contributed by atoms with E-state index in [0.717, 1.165) is 28.0 Å². The third-order valence-electron chi connectivity index (χ3n) is 3.37. The summed E-state index contributed by atoms with van der Waals surface area (Å²) in [7, 11) is 0. The topological polar surface area (TPSA) is 46.5 Å². The number of imidazole rings is 1. The van der Waals surface area contributed by atoms with E-state index in [1.165, 1.54) is 0 Å². The zero-order chi connectivity index (χ0) is 13.4. The zero-order valence-electron chi connectivity index (χ0n) is 10.7. The maximum absolute atomic E-state index is 4.49. The van der Waals surface area contributed by atoms with Gasteiger partial charge in [-0.3, -0.25) is 0 Å². The van der Waals surface area contributed by atoms with Crippen LogP contribution in [0.4, 0.5) is 0 Å². The van der Waals surface area contributed by atoms with Crippen molar-refractivity contribution < 1.29 is 0 Å². The van der Waals surface area contributed by atoms with Crippen LogP contribution >= 0.6 is 0 Å². The van der Waals surface area contributed by atoms with Gasteiger partial charge in [-0.2, -0.15) is 0 Å². The molecule has 0 spiro atoms. The second-order valence-corrected chi connectivity index (χ2v) is 4.60. The molecule has 0 atom stereocenters. The van der Waals surface area contributed by atoms with Gasteiger partial charge in [-0.05, 0) is 12.1 Å². The first-order chi connectivity index (χ1) is 9.92. The van der Waals surface area contributed by atoms with Gasteiger partial charge in [0.05, 0.1) is 17.7 Å². The third-order valence-corrected chi connectivity index (χ3v) is 3.37. The summed E-state index contributed by atoms with van der Waals surface area (Å²) >= 11 is 0. The van der Waals surface area contributed by atoms with Crippen molar-refractivity contribution in [3.8, 4) is 16.9 Å². The molecular formula is C16H12N4. The number of pyridine rings is 1. The van der Waals surface area contributed by atoms with E-state index in [2.05, 4.69) is 27.1 Å². The van der Waals surface area contributed by atoms with Gasteiger partial charge in [0.25, 0.3) is 0 Å². The molecule has 3 heterocycles. The second kappa shape index (κ2) is 4.35. The monoisotopic (exact) mass is 260 g/mol. The number of H-pyrrole nitrogens is 1. The van der Waals surface area contributed by atoms with Gasteiger partial charge in [0.1, 0.15) is 5.65 Å². The van der Waals surface area contributed by atoms with Crippen LogP contribution in [0.3, 0.4) is 0 Å². The molecule has 4 rings (SSSR count). The molecule has 96 valence electrons. The zero-order valence-corrected chi connectivity index (χ0v) is 10.7. The molecule has 0 saturated heterocycles. The Morgan fingerprint density at radius 1 is 0.950 bits per heavy atom. The summed E-state index contributed by atoms with van der Waals surface area (Å²) < 4.78 is 2.03.